The number of hydrogen-bond acceptors (Lipinski definition) is 4. The molecule has 1 aromatic carbocycles. The van der Waals surface area contributed by atoms with E-state index in [-0.39, 0.29) is 12.7 Å². The molecule has 0 aliphatic rings. The van der Waals surface area contributed by atoms with Gasteiger partial charge in [0, 0.05) is 12.6 Å². The van der Waals surface area contributed by atoms with E-state index in [9.17, 15) is 5.11 Å². The summed E-state index contributed by atoms with van der Waals surface area (Å²) in [6, 6.07) is 6.22. The van der Waals surface area contributed by atoms with Crippen LogP contribution in [-0.2, 0) is 0 Å². The van der Waals surface area contributed by atoms with Crippen molar-refractivity contribution >= 4 is 11.4 Å². The second kappa shape index (κ2) is 8.00. The third-order valence-corrected chi connectivity index (χ3v) is 3.44. The highest BCUT2D eigenvalue weighted by molar-refractivity contribution is 5.74. The van der Waals surface area contributed by atoms with E-state index in [1.807, 2.05) is 32.0 Å². The largest absolute Gasteiger partial charge is 0.489 e. The Bertz CT molecular complexity index is 403. The molecule has 20 heavy (non-hydrogen) atoms. The van der Waals surface area contributed by atoms with Crippen LogP contribution in [0.25, 0.3) is 0 Å². The number of para-hydroxylation sites is 1. The fourth-order valence-corrected chi connectivity index (χ4v) is 2.48. The van der Waals surface area contributed by atoms with Crippen LogP contribution in [0.15, 0.2) is 18.2 Å². The summed E-state index contributed by atoms with van der Waals surface area (Å²) in [6.45, 7) is 8.98. The summed E-state index contributed by atoms with van der Waals surface area (Å²) >= 11 is 0. The summed E-state index contributed by atoms with van der Waals surface area (Å²) in [4.78, 5) is 2.18. The number of nitrogen functional groups attached to an aromatic ring is 1. The highest BCUT2D eigenvalue weighted by atomic mass is 16.5. The summed E-state index contributed by atoms with van der Waals surface area (Å²) in [7, 11) is 0. The topological polar surface area (TPSA) is 58.7 Å². The van der Waals surface area contributed by atoms with E-state index < -0.39 is 0 Å². The molecule has 0 aliphatic heterocycles. The molecule has 4 heteroatoms. The molecule has 0 saturated heterocycles. The molecule has 4 nitrogen and oxygen atoms in total. The van der Waals surface area contributed by atoms with Crippen molar-refractivity contribution < 1.29 is 9.84 Å². The van der Waals surface area contributed by atoms with Gasteiger partial charge in [0.1, 0.15) is 5.75 Å². The number of nitrogens with two attached hydrogens (primary N) is 1. The van der Waals surface area contributed by atoms with E-state index in [0.29, 0.717) is 24.0 Å². The first-order chi connectivity index (χ1) is 9.54. The molecule has 0 aliphatic carbocycles. The van der Waals surface area contributed by atoms with E-state index in [2.05, 4.69) is 18.7 Å². The van der Waals surface area contributed by atoms with Gasteiger partial charge in [0.05, 0.1) is 24.1 Å². The maximum absolute atomic E-state index is 9.33. The molecular formula is C16H28N2O2. The molecule has 3 N–H and O–H groups in total. The Labute approximate surface area is 122 Å². The third kappa shape index (κ3) is 4.04. The van der Waals surface area contributed by atoms with Crippen molar-refractivity contribution in [2.24, 2.45) is 0 Å². The van der Waals surface area contributed by atoms with Crippen molar-refractivity contribution in [3.63, 3.8) is 0 Å². The summed E-state index contributed by atoms with van der Waals surface area (Å²) in [5, 5.41) is 9.33. The highest BCUT2D eigenvalue weighted by Crippen LogP contribution is 2.34. The van der Waals surface area contributed by atoms with Crippen LogP contribution in [0.2, 0.25) is 0 Å². The fraction of sp³-hybridized carbons (Fsp3) is 0.625. The first-order valence-corrected chi connectivity index (χ1v) is 7.47. The van der Waals surface area contributed by atoms with Gasteiger partial charge in [-0.05, 0) is 38.8 Å². The summed E-state index contributed by atoms with van der Waals surface area (Å²) in [5.74, 6) is 0.714. The first kappa shape index (κ1) is 16.6. The van der Waals surface area contributed by atoms with Crippen molar-refractivity contribution in [3.8, 4) is 5.75 Å². The SMILES string of the molecule is CCC(CC)N(CCO)c1cccc(OC(C)C)c1N. The zero-order chi connectivity index (χ0) is 15.1. The van der Waals surface area contributed by atoms with Crippen LogP contribution >= 0.6 is 0 Å². The summed E-state index contributed by atoms with van der Waals surface area (Å²) < 4.78 is 5.75. The molecule has 0 heterocycles. The minimum absolute atomic E-state index is 0.0898. The van der Waals surface area contributed by atoms with Gasteiger partial charge in [-0.2, -0.15) is 0 Å². The van der Waals surface area contributed by atoms with E-state index in [4.69, 9.17) is 10.5 Å². The normalized spacial score (nSPS) is 11.2. The van der Waals surface area contributed by atoms with Gasteiger partial charge < -0.3 is 20.5 Å². The quantitative estimate of drug-likeness (QED) is 0.719. The molecule has 0 radical (unpaired) electrons. The number of hydrogen-bond donors (Lipinski definition) is 2. The lowest BCUT2D eigenvalue weighted by Gasteiger charge is -2.33. The zero-order valence-corrected chi connectivity index (χ0v) is 13.1. The lowest BCUT2D eigenvalue weighted by molar-refractivity contribution is 0.244. The second-order valence-corrected chi connectivity index (χ2v) is 5.24. The van der Waals surface area contributed by atoms with Crippen molar-refractivity contribution in [2.45, 2.75) is 52.7 Å². The molecular weight excluding hydrogens is 252 g/mol. The number of aliphatic hydroxyl groups is 1. The van der Waals surface area contributed by atoms with Gasteiger partial charge in [-0.15, -0.1) is 0 Å². The summed E-state index contributed by atoms with van der Waals surface area (Å²) in [6.07, 6.45) is 2.13. The Balaban J connectivity index is 3.13. The molecule has 0 saturated carbocycles. The van der Waals surface area contributed by atoms with Crippen LogP contribution in [0.3, 0.4) is 0 Å². The standard InChI is InChI=1S/C16H28N2O2/c1-5-13(6-2)18(10-11-19)14-8-7-9-15(16(14)17)20-12(3)4/h7-9,12-13,19H,5-6,10-11,17H2,1-4H3. The molecule has 1 rings (SSSR count). The van der Waals surface area contributed by atoms with Gasteiger partial charge >= 0.3 is 0 Å². The summed E-state index contributed by atoms with van der Waals surface area (Å²) in [5.41, 5.74) is 7.87. The smallest absolute Gasteiger partial charge is 0.144 e. The number of aliphatic hydroxyl groups excluding tert-OH is 1. The molecule has 0 aromatic heterocycles. The maximum atomic E-state index is 9.33. The molecule has 0 unspecified atom stereocenters. The van der Waals surface area contributed by atoms with E-state index >= 15 is 0 Å². The molecule has 0 amide bonds. The second-order valence-electron chi connectivity index (χ2n) is 5.24. The fourth-order valence-electron chi connectivity index (χ4n) is 2.48. The zero-order valence-electron chi connectivity index (χ0n) is 13.1. The number of ether oxygens (including phenoxy) is 1. The molecule has 0 atom stereocenters. The van der Waals surface area contributed by atoms with Crippen LogP contribution in [-0.4, -0.2) is 30.4 Å². The van der Waals surface area contributed by atoms with Gasteiger partial charge in [-0.25, -0.2) is 0 Å². The third-order valence-electron chi connectivity index (χ3n) is 3.44. The maximum Gasteiger partial charge on any atom is 0.144 e. The van der Waals surface area contributed by atoms with E-state index in [1.54, 1.807) is 0 Å². The predicted octanol–water partition coefficient (Wildman–Crippen LogP) is 3.04. The van der Waals surface area contributed by atoms with Crippen molar-refractivity contribution in [1.82, 2.24) is 0 Å². The van der Waals surface area contributed by atoms with Crippen LogP contribution in [0.1, 0.15) is 40.5 Å². The number of benzene rings is 1. The first-order valence-electron chi connectivity index (χ1n) is 7.47. The van der Waals surface area contributed by atoms with Gasteiger partial charge in [0.25, 0.3) is 0 Å². The lowest BCUT2D eigenvalue weighted by atomic mass is 10.1. The van der Waals surface area contributed by atoms with Crippen LogP contribution in [0, 0.1) is 0 Å². The Morgan fingerprint density at radius 1 is 1.25 bits per heavy atom. The lowest BCUT2D eigenvalue weighted by Crippen LogP contribution is -2.37. The molecule has 114 valence electrons. The molecule has 0 fully saturated rings. The monoisotopic (exact) mass is 280 g/mol. The van der Waals surface area contributed by atoms with Crippen LogP contribution in [0.4, 0.5) is 11.4 Å². The van der Waals surface area contributed by atoms with Gasteiger partial charge in [0.2, 0.25) is 0 Å². The van der Waals surface area contributed by atoms with Crippen molar-refractivity contribution in [2.75, 3.05) is 23.8 Å². The van der Waals surface area contributed by atoms with E-state index in [0.717, 1.165) is 18.5 Å². The van der Waals surface area contributed by atoms with Crippen LogP contribution in [0.5, 0.6) is 5.75 Å². The van der Waals surface area contributed by atoms with Crippen molar-refractivity contribution in [3.05, 3.63) is 18.2 Å². The molecule has 0 bridgehead atoms. The average Bonchev–Trinajstić information content (AvgIpc) is 2.41. The Morgan fingerprint density at radius 3 is 2.40 bits per heavy atom. The minimum atomic E-state index is 0.0898. The molecule has 0 spiro atoms. The van der Waals surface area contributed by atoms with Crippen LogP contribution < -0.4 is 15.4 Å². The van der Waals surface area contributed by atoms with Gasteiger partial charge in [0.15, 0.2) is 0 Å². The number of rotatable bonds is 8. The number of nitrogens with zero attached hydrogens (tertiary/aromatic N) is 1. The Hall–Kier alpha value is -1.42. The van der Waals surface area contributed by atoms with E-state index in [1.165, 1.54) is 0 Å². The van der Waals surface area contributed by atoms with Crippen molar-refractivity contribution in [1.29, 1.82) is 0 Å². The highest BCUT2D eigenvalue weighted by Gasteiger charge is 2.19. The molecule has 1 aromatic rings. The Kier molecular flexibility index (Phi) is 6.65. The Morgan fingerprint density at radius 2 is 1.90 bits per heavy atom. The van der Waals surface area contributed by atoms with Gasteiger partial charge in [-0.1, -0.05) is 19.9 Å². The number of anilines is 2. The average molecular weight is 280 g/mol. The predicted molar refractivity (Wildman–Crippen MR) is 85.4 cm³/mol. The minimum Gasteiger partial charge on any atom is -0.489 e. The van der Waals surface area contributed by atoms with Gasteiger partial charge in [-0.3, -0.25) is 0 Å².